The normalized spacial score (nSPS) is 17.1. The standard InChI is InChI=1S/C20H19N3O3/c24-20(22-17-8-4-7-16(13-17)19-21-9-11-26-19)23-10-12-25-18(14-23)15-5-2-1-3-6-15/h1-9,11,13,18H,10,12,14H2,(H,22,24)/t18-/m0/s1. The van der Waals surface area contributed by atoms with Gasteiger partial charge in [-0.2, -0.15) is 0 Å². The Morgan fingerprint density at radius 1 is 1.15 bits per heavy atom. The highest BCUT2D eigenvalue weighted by molar-refractivity contribution is 5.90. The third-order valence-corrected chi connectivity index (χ3v) is 4.32. The van der Waals surface area contributed by atoms with E-state index in [0.29, 0.717) is 31.3 Å². The van der Waals surface area contributed by atoms with E-state index in [-0.39, 0.29) is 12.1 Å². The zero-order valence-electron chi connectivity index (χ0n) is 14.2. The molecule has 3 aromatic rings. The van der Waals surface area contributed by atoms with E-state index in [1.807, 2.05) is 54.6 Å². The lowest BCUT2D eigenvalue weighted by Gasteiger charge is -2.33. The largest absolute Gasteiger partial charge is 0.445 e. The number of morpholine rings is 1. The lowest BCUT2D eigenvalue weighted by Crippen LogP contribution is -2.44. The summed E-state index contributed by atoms with van der Waals surface area (Å²) in [5, 5.41) is 2.95. The molecule has 1 aliphatic heterocycles. The second-order valence-electron chi connectivity index (χ2n) is 6.06. The van der Waals surface area contributed by atoms with Crippen LogP contribution in [0.15, 0.2) is 71.5 Å². The first-order chi connectivity index (χ1) is 12.8. The third kappa shape index (κ3) is 3.60. The number of nitrogens with zero attached hydrogens (tertiary/aromatic N) is 2. The zero-order valence-corrected chi connectivity index (χ0v) is 14.2. The van der Waals surface area contributed by atoms with Crippen LogP contribution in [0.1, 0.15) is 11.7 Å². The molecule has 1 atom stereocenters. The van der Waals surface area contributed by atoms with Crippen LogP contribution in [0, 0.1) is 0 Å². The highest BCUT2D eigenvalue weighted by Gasteiger charge is 2.25. The molecule has 132 valence electrons. The number of hydrogen-bond donors (Lipinski definition) is 1. The molecular weight excluding hydrogens is 330 g/mol. The van der Waals surface area contributed by atoms with Gasteiger partial charge in [-0.3, -0.25) is 0 Å². The first kappa shape index (κ1) is 16.4. The van der Waals surface area contributed by atoms with Gasteiger partial charge in [-0.05, 0) is 23.8 Å². The van der Waals surface area contributed by atoms with Crippen molar-refractivity contribution in [2.75, 3.05) is 25.0 Å². The summed E-state index contributed by atoms with van der Waals surface area (Å²) in [6.45, 7) is 1.60. The third-order valence-electron chi connectivity index (χ3n) is 4.32. The number of nitrogens with one attached hydrogen (secondary N) is 1. The average Bonchev–Trinajstić information content (AvgIpc) is 3.24. The number of anilines is 1. The molecule has 2 amide bonds. The lowest BCUT2D eigenvalue weighted by atomic mass is 10.1. The summed E-state index contributed by atoms with van der Waals surface area (Å²) in [5.41, 5.74) is 2.60. The second kappa shape index (κ2) is 7.41. The maximum absolute atomic E-state index is 12.7. The fraction of sp³-hybridized carbons (Fsp3) is 0.200. The predicted octanol–water partition coefficient (Wildman–Crippen LogP) is 3.95. The Morgan fingerprint density at radius 3 is 2.85 bits per heavy atom. The van der Waals surface area contributed by atoms with Crippen molar-refractivity contribution in [3.8, 4) is 11.5 Å². The number of urea groups is 1. The van der Waals surface area contributed by atoms with Gasteiger partial charge >= 0.3 is 6.03 Å². The van der Waals surface area contributed by atoms with E-state index in [1.54, 1.807) is 11.1 Å². The minimum absolute atomic E-state index is 0.102. The van der Waals surface area contributed by atoms with E-state index < -0.39 is 0 Å². The Hall–Kier alpha value is -3.12. The van der Waals surface area contributed by atoms with Crippen LogP contribution in [0.5, 0.6) is 0 Å². The SMILES string of the molecule is O=C(Nc1cccc(-c2ncco2)c1)N1CCO[C@H](c2ccccc2)C1. The molecule has 1 N–H and O–H groups in total. The molecule has 1 aromatic heterocycles. The Bertz CT molecular complexity index is 865. The van der Waals surface area contributed by atoms with Crippen molar-refractivity contribution in [3.05, 3.63) is 72.6 Å². The highest BCUT2D eigenvalue weighted by Crippen LogP contribution is 2.24. The van der Waals surface area contributed by atoms with Crippen molar-refractivity contribution in [1.82, 2.24) is 9.88 Å². The van der Waals surface area contributed by atoms with Gasteiger partial charge in [0.15, 0.2) is 0 Å². The molecule has 2 heterocycles. The van der Waals surface area contributed by atoms with E-state index in [9.17, 15) is 4.79 Å². The zero-order chi connectivity index (χ0) is 17.8. The molecule has 1 saturated heterocycles. The van der Waals surface area contributed by atoms with Crippen LogP contribution in [0.25, 0.3) is 11.5 Å². The summed E-state index contributed by atoms with van der Waals surface area (Å²) in [7, 11) is 0. The van der Waals surface area contributed by atoms with Crippen molar-refractivity contribution in [2.24, 2.45) is 0 Å². The van der Waals surface area contributed by atoms with Gasteiger partial charge in [0, 0.05) is 17.8 Å². The quantitative estimate of drug-likeness (QED) is 0.777. The van der Waals surface area contributed by atoms with Crippen molar-refractivity contribution in [2.45, 2.75) is 6.10 Å². The second-order valence-corrected chi connectivity index (χ2v) is 6.06. The van der Waals surface area contributed by atoms with E-state index >= 15 is 0 Å². The predicted molar refractivity (Wildman–Crippen MR) is 97.7 cm³/mol. The molecule has 0 aliphatic carbocycles. The summed E-state index contributed by atoms with van der Waals surface area (Å²) in [5.74, 6) is 0.525. The Balaban J connectivity index is 1.44. The molecule has 0 unspecified atom stereocenters. The molecule has 0 radical (unpaired) electrons. The van der Waals surface area contributed by atoms with Gasteiger partial charge in [0.05, 0.1) is 19.3 Å². The Labute approximate surface area is 151 Å². The fourth-order valence-electron chi connectivity index (χ4n) is 3.00. The molecule has 1 fully saturated rings. The van der Waals surface area contributed by atoms with Crippen molar-refractivity contribution in [3.63, 3.8) is 0 Å². The van der Waals surface area contributed by atoms with Crippen molar-refractivity contribution >= 4 is 11.7 Å². The van der Waals surface area contributed by atoms with Crippen LogP contribution < -0.4 is 5.32 Å². The highest BCUT2D eigenvalue weighted by atomic mass is 16.5. The number of rotatable bonds is 3. The number of ether oxygens (including phenoxy) is 1. The monoisotopic (exact) mass is 349 g/mol. The van der Waals surface area contributed by atoms with E-state index in [1.165, 1.54) is 6.26 Å². The van der Waals surface area contributed by atoms with Gasteiger partial charge in [0.25, 0.3) is 0 Å². The number of hydrogen-bond acceptors (Lipinski definition) is 4. The molecule has 0 spiro atoms. The number of oxazole rings is 1. The maximum Gasteiger partial charge on any atom is 0.322 e. The molecule has 2 aromatic carbocycles. The van der Waals surface area contributed by atoms with Crippen molar-refractivity contribution < 1.29 is 13.9 Å². The number of benzene rings is 2. The molecule has 0 bridgehead atoms. The minimum atomic E-state index is -0.140. The van der Waals surface area contributed by atoms with Crippen LogP contribution in [0.2, 0.25) is 0 Å². The Morgan fingerprint density at radius 2 is 2.04 bits per heavy atom. The van der Waals surface area contributed by atoms with Gasteiger partial charge in [-0.15, -0.1) is 0 Å². The van der Waals surface area contributed by atoms with Crippen LogP contribution in [0.4, 0.5) is 10.5 Å². The van der Waals surface area contributed by atoms with E-state index in [4.69, 9.17) is 9.15 Å². The van der Waals surface area contributed by atoms with Crippen LogP contribution in [0.3, 0.4) is 0 Å². The molecular formula is C20H19N3O3. The van der Waals surface area contributed by atoms with Gasteiger partial charge < -0.3 is 19.4 Å². The lowest BCUT2D eigenvalue weighted by molar-refractivity contribution is -0.0135. The maximum atomic E-state index is 12.7. The average molecular weight is 349 g/mol. The van der Waals surface area contributed by atoms with Gasteiger partial charge in [-0.25, -0.2) is 9.78 Å². The summed E-state index contributed by atoms with van der Waals surface area (Å²) in [6, 6.07) is 17.3. The summed E-state index contributed by atoms with van der Waals surface area (Å²) >= 11 is 0. The first-order valence-electron chi connectivity index (χ1n) is 8.52. The molecule has 26 heavy (non-hydrogen) atoms. The topological polar surface area (TPSA) is 67.6 Å². The molecule has 1 aliphatic rings. The van der Waals surface area contributed by atoms with E-state index in [2.05, 4.69) is 10.3 Å². The number of aromatic nitrogens is 1. The van der Waals surface area contributed by atoms with Gasteiger partial charge in [0.2, 0.25) is 5.89 Å². The summed E-state index contributed by atoms with van der Waals surface area (Å²) in [4.78, 5) is 18.6. The number of amides is 2. The smallest absolute Gasteiger partial charge is 0.322 e. The summed E-state index contributed by atoms with van der Waals surface area (Å²) < 4.78 is 11.1. The van der Waals surface area contributed by atoms with Gasteiger partial charge in [0.1, 0.15) is 12.4 Å². The molecule has 4 rings (SSSR count). The molecule has 6 nitrogen and oxygen atoms in total. The molecule has 0 saturated carbocycles. The Kier molecular flexibility index (Phi) is 4.66. The molecule has 6 heteroatoms. The van der Waals surface area contributed by atoms with Gasteiger partial charge in [-0.1, -0.05) is 36.4 Å². The fourth-order valence-corrected chi connectivity index (χ4v) is 3.00. The van der Waals surface area contributed by atoms with Crippen LogP contribution in [-0.2, 0) is 4.74 Å². The van der Waals surface area contributed by atoms with Crippen LogP contribution in [-0.4, -0.2) is 35.6 Å². The number of carbonyl (C=O) groups excluding carboxylic acids is 1. The van der Waals surface area contributed by atoms with Crippen molar-refractivity contribution in [1.29, 1.82) is 0 Å². The van der Waals surface area contributed by atoms with Crippen LogP contribution >= 0.6 is 0 Å². The summed E-state index contributed by atoms with van der Waals surface area (Å²) in [6.07, 6.45) is 3.02. The first-order valence-corrected chi connectivity index (χ1v) is 8.52. The minimum Gasteiger partial charge on any atom is -0.445 e. The number of carbonyl (C=O) groups is 1. The van der Waals surface area contributed by atoms with E-state index in [0.717, 1.165) is 11.1 Å².